The molecule has 0 bridgehead atoms. The topological polar surface area (TPSA) is 68.4 Å². The Balaban J connectivity index is 1.64. The second-order valence-electron chi connectivity index (χ2n) is 8.92. The molecule has 0 saturated carbocycles. The van der Waals surface area contributed by atoms with E-state index in [0.29, 0.717) is 22.8 Å². The van der Waals surface area contributed by atoms with Gasteiger partial charge in [-0.3, -0.25) is 9.69 Å². The van der Waals surface area contributed by atoms with Crippen LogP contribution >= 0.6 is 11.6 Å². The van der Waals surface area contributed by atoms with Crippen molar-refractivity contribution in [3.05, 3.63) is 74.5 Å². The zero-order chi connectivity index (χ0) is 23.5. The Morgan fingerprint density at radius 1 is 1.24 bits per heavy atom. The lowest BCUT2D eigenvalue weighted by Crippen LogP contribution is -2.45. The standard InChI is InChI=1S/C26H31ClN4O2/c1-4-30-10-6-9-23(30)16-31(26(33)28-22-8-5-7-21(27)14-22)15-20-13-19-12-17(2)11-18(3)24(19)29-25(20)32/h5,7-8,11-14,23H,4,6,9-10,15-16H2,1-3H3,(H,28,33)(H,29,32)/t23-/m1/s1. The van der Waals surface area contributed by atoms with Gasteiger partial charge in [-0.25, -0.2) is 4.79 Å². The van der Waals surface area contributed by atoms with Gasteiger partial charge >= 0.3 is 6.03 Å². The maximum absolute atomic E-state index is 13.3. The van der Waals surface area contributed by atoms with Crippen LogP contribution in [0.3, 0.4) is 0 Å². The highest BCUT2D eigenvalue weighted by molar-refractivity contribution is 6.30. The summed E-state index contributed by atoms with van der Waals surface area (Å²) < 4.78 is 0. The Morgan fingerprint density at radius 3 is 2.82 bits per heavy atom. The second kappa shape index (κ2) is 9.98. The number of carbonyl (C=O) groups is 1. The van der Waals surface area contributed by atoms with Crippen molar-refractivity contribution < 1.29 is 4.79 Å². The molecule has 0 radical (unpaired) electrons. The Hall–Kier alpha value is -2.83. The molecular weight excluding hydrogens is 436 g/mol. The average molecular weight is 467 g/mol. The molecule has 7 heteroatoms. The van der Waals surface area contributed by atoms with Crippen molar-refractivity contribution in [3.8, 4) is 0 Å². The first-order valence-electron chi connectivity index (χ1n) is 11.5. The lowest BCUT2D eigenvalue weighted by molar-refractivity contribution is 0.174. The Bertz CT molecular complexity index is 1220. The summed E-state index contributed by atoms with van der Waals surface area (Å²) in [5.41, 5.74) is 4.07. The molecule has 174 valence electrons. The number of anilines is 1. The summed E-state index contributed by atoms with van der Waals surface area (Å²) in [5.74, 6) is 0. The van der Waals surface area contributed by atoms with Crippen molar-refractivity contribution >= 4 is 34.2 Å². The predicted molar refractivity (Wildman–Crippen MR) is 135 cm³/mol. The van der Waals surface area contributed by atoms with Gasteiger partial charge in [-0.05, 0) is 81.1 Å². The van der Waals surface area contributed by atoms with E-state index < -0.39 is 0 Å². The molecule has 0 unspecified atom stereocenters. The molecule has 3 aromatic rings. The highest BCUT2D eigenvalue weighted by atomic mass is 35.5. The number of aryl methyl sites for hydroxylation is 2. The first-order chi connectivity index (χ1) is 15.8. The van der Waals surface area contributed by atoms with Crippen LogP contribution in [0.4, 0.5) is 10.5 Å². The summed E-state index contributed by atoms with van der Waals surface area (Å²) in [7, 11) is 0. The van der Waals surface area contributed by atoms with Crippen molar-refractivity contribution in [1.29, 1.82) is 0 Å². The third kappa shape index (κ3) is 5.40. The molecule has 6 nitrogen and oxygen atoms in total. The van der Waals surface area contributed by atoms with E-state index in [1.54, 1.807) is 23.1 Å². The van der Waals surface area contributed by atoms with Gasteiger partial charge in [0.25, 0.3) is 5.56 Å². The van der Waals surface area contributed by atoms with Gasteiger partial charge in [0.05, 0.1) is 12.1 Å². The van der Waals surface area contributed by atoms with Crippen molar-refractivity contribution in [2.75, 3.05) is 25.0 Å². The minimum atomic E-state index is -0.236. The molecule has 33 heavy (non-hydrogen) atoms. The minimum Gasteiger partial charge on any atom is -0.321 e. The number of hydrogen-bond donors (Lipinski definition) is 2. The van der Waals surface area contributed by atoms with Gasteiger partial charge < -0.3 is 15.2 Å². The number of fused-ring (bicyclic) bond motifs is 1. The number of halogens is 1. The van der Waals surface area contributed by atoms with Crippen molar-refractivity contribution in [2.24, 2.45) is 0 Å². The Morgan fingerprint density at radius 2 is 2.06 bits per heavy atom. The number of nitrogens with zero attached hydrogens (tertiary/aromatic N) is 2. The van der Waals surface area contributed by atoms with Crippen LogP contribution in [-0.2, 0) is 6.54 Å². The normalized spacial score (nSPS) is 16.3. The van der Waals surface area contributed by atoms with Gasteiger partial charge in [0.15, 0.2) is 0 Å². The maximum atomic E-state index is 13.3. The Labute approximate surface area is 199 Å². The average Bonchev–Trinajstić information content (AvgIpc) is 3.21. The van der Waals surface area contributed by atoms with Crippen LogP contribution in [0.25, 0.3) is 10.9 Å². The minimum absolute atomic E-state index is 0.159. The molecule has 2 aromatic carbocycles. The molecule has 2 N–H and O–H groups in total. The zero-order valence-electron chi connectivity index (χ0n) is 19.5. The third-order valence-corrected chi connectivity index (χ3v) is 6.67. The quantitative estimate of drug-likeness (QED) is 0.516. The van der Waals surface area contributed by atoms with Gasteiger partial charge in [0, 0.05) is 28.9 Å². The van der Waals surface area contributed by atoms with Crippen LogP contribution in [0.5, 0.6) is 0 Å². The second-order valence-corrected chi connectivity index (χ2v) is 9.35. The molecule has 2 heterocycles. The number of likely N-dealkylation sites (N-methyl/N-ethyl adjacent to an activating group) is 1. The predicted octanol–water partition coefficient (Wildman–Crippen LogP) is 5.32. The van der Waals surface area contributed by atoms with Crippen LogP contribution in [-0.4, -0.2) is 46.5 Å². The van der Waals surface area contributed by atoms with Gasteiger partial charge in [-0.1, -0.05) is 36.2 Å². The molecular formula is C26H31ClN4O2. The molecule has 1 atom stereocenters. The molecule has 2 amide bonds. The Kier molecular flexibility index (Phi) is 7.05. The molecule has 1 saturated heterocycles. The van der Waals surface area contributed by atoms with Gasteiger partial charge in [-0.15, -0.1) is 0 Å². The molecule has 1 fully saturated rings. The van der Waals surface area contributed by atoms with Crippen LogP contribution in [0.1, 0.15) is 36.5 Å². The van der Waals surface area contributed by atoms with Crippen LogP contribution in [0.15, 0.2) is 47.3 Å². The first-order valence-corrected chi connectivity index (χ1v) is 11.9. The highest BCUT2D eigenvalue weighted by Gasteiger charge is 2.28. The third-order valence-electron chi connectivity index (χ3n) is 6.43. The van der Waals surface area contributed by atoms with E-state index in [1.165, 1.54) is 0 Å². The maximum Gasteiger partial charge on any atom is 0.322 e. The fraction of sp³-hybridized carbons (Fsp3) is 0.385. The van der Waals surface area contributed by atoms with Crippen LogP contribution in [0, 0.1) is 13.8 Å². The fourth-order valence-corrected chi connectivity index (χ4v) is 5.01. The number of nitrogens with one attached hydrogen (secondary N) is 2. The highest BCUT2D eigenvalue weighted by Crippen LogP contribution is 2.22. The summed E-state index contributed by atoms with van der Waals surface area (Å²) in [6, 6.07) is 13.2. The van der Waals surface area contributed by atoms with E-state index >= 15 is 0 Å². The van der Waals surface area contributed by atoms with E-state index in [0.717, 1.165) is 48.0 Å². The zero-order valence-corrected chi connectivity index (χ0v) is 20.2. The number of pyridine rings is 1. The van der Waals surface area contributed by atoms with E-state index in [-0.39, 0.29) is 24.2 Å². The van der Waals surface area contributed by atoms with Gasteiger partial charge in [-0.2, -0.15) is 0 Å². The van der Waals surface area contributed by atoms with E-state index in [4.69, 9.17) is 11.6 Å². The van der Waals surface area contributed by atoms with Crippen LogP contribution in [0.2, 0.25) is 5.02 Å². The number of hydrogen-bond acceptors (Lipinski definition) is 3. The van der Waals surface area contributed by atoms with Gasteiger partial charge in [0.1, 0.15) is 0 Å². The summed E-state index contributed by atoms with van der Waals surface area (Å²) in [6.07, 6.45) is 2.17. The molecule has 0 aliphatic carbocycles. The van der Waals surface area contributed by atoms with Crippen molar-refractivity contribution in [1.82, 2.24) is 14.8 Å². The SMILES string of the molecule is CCN1CCC[C@@H]1CN(Cc1cc2cc(C)cc(C)c2[nH]c1=O)C(=O)Nc1cccc(Cl)c1. The molecule has 1 aliphatic rings. The number of amides is 2. The number of likely N-dealkylation sites (tertiary alicyclic amines) is 1. The number of benzene rings is 2. The lowest BCUT2D eigenvalue weighted by atomic mass is 10.0. The number of H-pyrrole nitrogens is 1. The largest absolute Gasteiger partial charge is 0.322 e. The summed E-state index contributed by atoms with van der Waals surface area (Å²) >= 11 is 6.10. The molecule has 1 aromatic heterocycles. The number of rotatable bonds is 6. The lowest BCUT2D eigenvalue weighted by Gasteiger charge is -2.30. The monoisotopic (exact) mass is 466 g/mol. The summed E-state index contributed by atoms with van der Waals surface area (Å²) in [4.78, 5) is 33.5. The van der Waals surface area contributed by atoms with Gasteiger partial charge in [0.2, 0.25) is 0 Å². The number of aromatic nitrogens is 1. The fourth-order valence-electron chi connectivity index (χ4n) is 4.82. The number of carbonyl (C=O) groups excluding carboxylic acids is 1. The van der Waals surface area contributed by atoms with E-state index in [1.807, 2.05) is 26.0 Å². The first kappa shape index (κ1) is 23.3. The summed E-state index contributed by atoms with van der Waals surface area (Å²) in [6.45, 7) is 8.97. The number of urea groups is 1. The van der Waals surface area contributed by atoms with Crippen molar-refractivity contribution in [2.45, 2.75) is 46.2 Å². The molecule has 1 aliphatic heterocycles. The van der Waals surface area contributed by atoms with E-state index in [2.05, 4.69) is 34.3 Å². The summed E-state index contributed by atoms with van der Waals surface area (Å²) in [5, 5.41) is 4.50. The number of aromatic amines is 1. The van der Waals surface area contributed by atoms with E-state index in [9.17, 15) is 9.59 Å². The van der Waals surface area contributed by atoms with Crippen molar-refractivity contribution in [3.63, 3.8) is 0 Å². The smallest absolute Gasteiger partial charge is 0.321 e. The molecule has 4 rings (SSSR count). The molecule has 0 spiro atoms. The van der Waals surface area contributed by atoms with Crippen LogP contribution < -0.4 is 10.9 Å².